The number of nitrogens with one attached hydrogen (secondary N) is 1. The monoisotopic (exact) mass is 357 g/mol. The highest BCUT2D eigenvalue weighted by Gasteiger charge is 2.17. The van der Waals surface area contributed by atoms with Gasteiger partial charge < -0.3 is 19.6 Å². The third-order valence-electron chi connectivity index (χ3n) is 3.33. The van der Waals surface area contributed by atoms with Crippen LogP contribution in [0.3, 0.4) is 0 Å². The fourth-order valence-corrected chi connectivity index (χ4v) is 2.23. The van der Waals surface area contributed by atoms with Crippen molar-refractivity contribution in [2.45, 2.75) is 26.6 Å². The van der Waals surface area contributed by atoms with E-state index in [9.17, 15) is 4.79 Å². The van der Waals surface area contributed by atoms with Crippen LogP contribution in [0.4, 0.5) is 0 Å². The lowest BCUT2D eigenvalue weighted by atomic mass is 10.0. The normalized spacial score (nSPS) is 11.2. The first-order chi connectivity index (χ1) is 12.5. The van der Waals surface area contributed by atoms with Crippen molar-refractivity contribution in [3.8, 4) is 11.8 Å². The van der Waals surface area contributed by atoms with Gasteiger partial charge in [-0.1, -0.05) is 35.5 Å². The topological polar surface area (TPSA) is 82.0 Å². The summed E-state index contributed by atoms with van der Waals surface area (Å²) < 4.78 is 11.3. The number of carbonyl (C=O) groups is 1. The molecule has 0 atom stereocenters. The van der Waals surface area contributed by atoms with E-state index in [-0.39, 0.29) is 24.3 Å². The van der Waals surface area contributed by atoms with E-state index in [1.54, 1.807) is 18.2 Å². The number of oxime groups is 1. The molecule has 0 saturated heterocycles. The molecule has 2 aromatic rings. The van der Waals surface area contributed by atoms with Gasteiger partial charge >= 0.3 is 0 Å². The minimum absolute atomic E-state index is 0.0267. The van der Waals surface area contributed by atoms with Gasteiger partial charge in [-0.25, -0.2) is 0 Å². The zero-order valence-corrected chi connectivity index (χ0v) is 15.4. The molecular formula is C19H23N3O4. The molecule has 1 aromatic carbocycles. The standard InChI is InChI=1S/C19H23N3O4/c1-13(2)26-17-11-7-10-16(21-17)25-12-14-8-5-6-9-15(14)18(22-24-4)19(23)20-3/h5-11,13H,12H2,1-4H3,(H,20,23). The smallest absolute Gasteiger partial charge is 0.273 e. The molecule has 0 aliphatic rings. The van der Waals surface area contributed by atoms with Gasteiger partial charge in [-0.2, -0.15) is 4.98 Å². The SMILES string of the molecule is CNC(=O)C(=NOC)c1ccccc1COc1cccc(OC(C)C)n1. The van der Waals surface area contributed by atoms with Crippen LogP contribution < -0.4 is 14.8 Å². The van der Waals surface area contributed by atoms with Gasteiger partial charge in [-0.05, 0) is 19.4 Å². The van der Waals surface area contributed by atoms with Gasteiger partial charge in [0.25, 0.3) is 5.91 Å². The second kappa shape index (κ2) is 9.41. The molecule has 0 aliphatic carbocycles. The van der Waals surface area contributed by atoms with Gasteiger partial charge in [0.05, 0.1) is 6.10 Å². The fourth-order valence-electron chi connectivity index (χ4n) is 2.23. The molecule has 1 N–H and O–H groups in total. The summed E-state index contributed by atoms with van der Waals surface area (Å²) in [6.07, 6.45) is 0.0267. The van der Waals surface area contributed by atoms with Gasteiger partial charge in [0.1, 0.15) is 13.7 Å². The second-order valence-corrected chi connectivity index (χ2v) is 5.63. The van der Waals surface area contributed by atoms with Gasteiger partial charge in [-0.15, -0.1) is 0 Å². The van der Waals surface area contributed by atoms with Crippen molar-refractivity contribution in [1.29, 1.82) is 0 Å². The Hall–Kier alpha value is -3.09. The Balaban J connectivity index is 2.21. The Morgan fingerprint density at radius 3 is 2.58 bits per heavy atom. The number of likely N-dealkylation sites (N-methyl/N-ethyl adjacent to an activating group) is 1. The van der Waals surface area contributed by atoms with Crippen LogP contribution >= 0.6 is 0 Å². The van der Waals surface area contributed by atoms with Gasteiger partial charge in [0.15, 0.2) is 5.71 Å². The molecule has 0 aliphatic heterocycles. The van der Waals surface area contributed by atoms with E-state index in [0.29, 0.717) is 17.3 Å². The second-order valence-electron chi connectivity index (χ2n) is 5.63. The average molecular weight is 357 g/mol. The van der Waals surface area contributed by atoms with Crippen molar-refractivity contribution in [3.63, 3.8) is 0 Å². The summed E-state index contributed by atoms with van der Waals surface area (Å²) in [5.74, 6) is 0.589. The third kappa shape index (κ3) is 5.20. The van der Waals surface area contributed by atoms with Crippen molar-refractivity contribution >= 4 is 11.6 Å². The van der Waals surface area contributed by atoms with E-state index >= 15 is 0 Å². The summed E-state index contributed by atoms with van der Waals surface area (Å²) in [6, 6.07) is 12.7. The Morgan fingerprint density at radius 2 is 1.88 bits per heavy atom. The number of carbonyl (C=O) groups excluding carboxylic acids is 1. The van der Waals surface area contributed by atoms with E-state index in [2.05, 4.69) is 15.5 Å². The Labute approximate surface area is 153 Å². The molecule has 26 heavy (non-hydrogen) atoms. The minimum atomic E-state index is -0.343. The Bertz CT molecular complexity index is 775. The molecular weight excluding hydrogens is 334 g/mol. The molecule has 0 bridgehead atoms. The summed E-state index contributed by atoms with van der Waals surface area (Å²) >= 11 is 0. The van der Waals surface area contributed by atoms with Crippen LogP contribution in [0.25, 0.3) is 0 Å². The van der Waals surface area contributed by atoms with Gasteiger partial charge in [0.2, 0.25) is 11.8 Å². The van der Waals surface area contributed by atoms with Crippen molar-refractivity contribution in [3.05, 3.63) is 53.6 Å². The molecule has 2 rings (SSSR count). The summed E-state index contributed by atoms with van der Waals surface area (Å²) in [5, 5.41) is 6.40. The Morgan fingerprint density at radius 1 is 1.15 bits per heavy atom. The number of benzene rings is 1. The van der Waals surface area contributed by atoms with Crippen LogP contribution in [-0.4, -0.2) is 36.9 Å². The van der Waals surface area contributed by atoms with E-state index in [1.165, 1.54) is 14.2 Å². The predicted molar refractivity (Wildman–Crippen MR) is 98.4 cm³/mol. The summed E-state index contributed by atoms with van der Waals surface area (Å²) in [4.78, 5) is 21.2. The summed E-state index contributed by atoms with van der Waals surface area (Å²) in [6.45, 7) is 4.08. The van der Waals surface area contributed by atoms with Crippen LogP contribution in [0.1, 0.15) is 25.0 Å². The van der Waals surface area contributed by atoms with E-state index < -0.39 is 0 Å². The van der Waals surface area contributed by atoms with E-state index in [0.717, 1.165) is 5.56 Å². The van der Waals surface area contributed by atoms with Crippen LogP contribution in [0.2, 0.25) is 0 Å². The van der Waals surface area contributed by atoms with Crippen molar-refractivity contribution < 1.29 is 19.1 Å². The number of pyridine rings is 1. The number of hydrogen-bond acceptors (Lipinski definition) is 6. The Kier molecular flexibility index (Phi) is 6.96. The van der Waals surface area contributed by atoms with Crippen LogP contribution in [0.5, 0.6) is 11.8 Å². The first-order valence-electron chi connectivity index (χ1n) is 8.23. The largest absolute Gasteiger partial charge is 0.475 e. The van der Waals surface area contributed by atoms with Gasteiger partial charge in [0, 0.05) is 24.7 Å². The van der Waals surface area contributed by atoms with Gasteiger partial charge in [-0.3, -0.25) is 4.79 Å². The van der Waals surface area contributed by atoms with Crippen LogP contribution in [-0.2, 0) is 16.2 Å². The lowest BCUT2D eigenvalue weighted by molar-refractivity contribution is -0.114. The first kappa shape index (κ1) is 19.2. The highest BCUT2D eigenvalue weighted by atomic mass is 16.6. The number of hydrogen-bond donors (Lipinski definition) is 1. The summed E-state index contributed by atoms with van der Waals surface area (Å²) in [5.41, 5.74) is 1.59. The quantitative estimate of drug-likeness (QED) is 0.580. The zero-order valence-electron chi connectivity index (χ0n) is 15.4. The third-order valence-corrected chi connectivity index (χ3v) is 3.33. The van der Waals surface area contributed by atoms with Crippen molar-refractivity contribution in [1.82, 2.24) is 10.3 Å². The molecule has 0 unspecified atom stereocenters. The molecule has 138 valence electrons. The molecule has 0 fully saturated rings. The van der Waals surface area contributed by atoms with Crippen molar-refractivity contribution in [2.75, 3.05) is 14.2 Å². The minimum Gasteiger partial charge on any atom is -0.475 e. The number of amides is 1. The molecule has 1 aromatic heterocycles. The molecule has 0 spiro atoms. The first-order valence-corrected chi connectivity index (χ1v) is 8.23. The molecule has 7 nitrogen and oxygen atoms in total. The molecule has 7 heteroatoms. The zero-order chi connectivity index (χ0) is 18.9. The predicted octanol–water partition coefficient (Wildman–Crippen LogP) is 2.54. The highest BCUT2D eigenvalue weighted by Crippen LogP contribution is 2.18. The maximum Gasteiger partial charge on any atom is 0.273 e. The lowest BCUT2D eigenvalue weighted by Gasteiger charge is -2.13. The maximum absolute atomic E-state index is 12.1. The van der Waals surface area contributed by atoms with Crippen molar-refractivity contribution in [2.24, 2.45) is 5.16 Å². The number of aromatic nitrogens is 1. The molecule has 1 heterocycles. The maximum atomic E-state index is 12.1. The molecule has 0 saturated carbocycles. The highest BCUT2D eigenvalue weighted by molar-refractivity contribution is 6.45. The average Bonchev–Trinajstić information content (AvgIpc) is 2.64. The van der Waals surface area contributed by atoms with Crippen LogP contribution in [0.15, 0.2) is 47.6 Å². The number of nitrogens with zero attached hydrogens (tertiary/aromatic N) is 2. The van der Waals surface area contributed by atoms with E-state index in [4.69, 9.17) is 14.3 Å². The number of rotatable bonds is 8. The molecule has 1 amide bonds. The number of ether oxygens (including phenoxy) is 2. The summed E-state index contributed by atoms with van der Waals surface area (Å²) in [7, 11) is 2.93. The van der Waals surface area contributed by atoms with Crippen LogP contribution in [0, 0.1) is 0 Å². The lowest BCUT2D eigenvalue weighted by Crippen LogP contribution is -2.29. The molecule has 0 radical (unpaired) electrons. The fraction of sp³-hybridized carbons (Fsp3) is 0.316. The van der Waals surface area contributed by atoms with E-state index in [1.807, 2.05) is 38.1 Å².